The first kappa shape index (κ1) is 13.3. The molecule has 0 saturated carbocycles. The molecule has 2 rings (SSSR count). The Morgan fingerprint density at radius 1 is 1.42 bits per heavy atom. The van der Waals surface area contributed by atoms with Crippen molar-refractivity contribution in [2.24, 2.45) is 0 Å². The minimum Gasteiger partial charge on any atom is -0.361 e. The van der Waals surface area contributed by atoms with Crippen LogP contribution < -0.4 is 5.32 Å². The number of aromatic amines is 1. The molecule has 2 N–H and O–H groups in total. The maximum atomic E-state index is 11.5. The van der Waals surface area contributed by atoms with Crippen molar-refractivity contribution in [2.75, 3.05) is 0 Å². The van der Waals surface area contributed by atoms with Gasteiger partial charge in [0.2, 0.25) is 5.91 Å². The van der Waals surface area contributed by atoms with Crippen LogP contribution in [-0.4, -0.2) is 23.2 Å². The van der Waals surface area contributed by atoms with Crippen molar-refractivity contribution in [1.82, 2.24) is 10.3 Å². The van der Waals surface area contributed by atoms with Crippen LogP contribution in [0.3, 0.4) is 0 Å². The van der Waals surface area contributed by atoms with Gasteiger partial charge in [-0.2, -0.15) is 0 Å². The number of hydrogen-bond acceptors (Lipinski definition) is 2. The summed E-state index contributed by atoms with van der Waals surface area (Å²) in [6.45, 7) is 1.94. The summed E-state index contributed by atoms with van der Waals surface area (Å²) >= 11 is 0. The van der Waals surface area contributed by atoms with E-state index in [9.17, 15) is 9.59 Å². The van der Waals surface area contributed by atoms with E-state index in [-0.39, 0.29) is 5.91 Å². The number of rotatable bonds is 6. The summed E-state index contributed by atoms with van der Waals surface area (Å²) < 4.78 is 0. The van der Waals surface area contributed by atoms with Crippen molar-refractivity contribution < 1.29 is 9.59 Å². The van der Waals surface area contributed by atoms with Crippen molar-refractivity contribution >= 4 is 23.1 Å². The highest BCUT2D eigenvalue weighted by Crippen LogP contribution is 2.18. The van der Waals surface area contributed by atoms with E-state index < -0.39 is 6.04 Å². The van der Waals surface area contributed by atoms with Gasteiger partial charge in [-0.15, -0.1) is 0 Å². The highest BCUT2D eigenvalue weighted by Gasteiger charge is 2.13. The van der Waals surface area contributed by atoms with Crippen molar-refractivity contribution in [3.05, 3.63) is 36.0 Å². The number of H-pyrrole nitrogens is 1. The molecule has 2 aromatic rings. The second kappa shape index (κ2) is 6.18. The Hall–Kier alpha value is -2.10. The lowest BCUT2D eigenvalue weighted by molar-refractivity contribution is -0.124. The van der Waals surface area contributed by atoms with Crippen LogP contribution in [0.4, 0.5) is 0 Å². The fraction of sp³-hybridized carbons (Fsp3) is 0.333. The number of fused-ring (bicyclic) bond motifs is 1. The van der Waals surface area contributed by atoms with Gasteiger partial charge in [-0.3, -0.25) is 4.79 Å². The molecule has 0 radical (unpaired) electrons. The van der Waals surface area contributed by atoms with E-state index >= 15 is 0 Å². The zero-order valence-electron chi connectivity index (χ0n) is 11.0. The maximum Gasteiger partial charge on any atom is 0.220 e. The number of aldehydes is 1. The molecule has 1 amide bonds. The van der Waals surface area contributed by atoms with Crippen LogP contribution >= 0.6 is 0 Å². The van der Waals surface area contributed by atoms with Gasteiger partial charge in [0.25, 0.3) is 0 Å². The number of nitrogens with one attached hydrogen (secondary N) is 2. The number of para-hydroxylation sites is 1. The summed E-state index contributed by atoms with van der Waals surface area (Å²) in [6.07, 6.45) is 4.45. The van der Waals surface area contributed by atoms with Gasteiger partial charge < -0.3 is 15.1 Å². The molecule has 1 aromatic heterocycles. The molecular formula is C15H18N2O2. The molecule has 4 nitrogen and oxygen atoms in total. The van der Waals surface area contributed by atoms with Gasteiger partial charge in [0.15, 0.2) is 0 Å². The molecule has 0 spiro atoms. The zero-order chi connectivity index (χ0) is 13.7. The summed E-state index contributed by atoms with van der Waals surface area (Å²) in [4.78, 5) is 25.8. The van der Waals surface area contributed by atoms with E-state index in [0.717, 1.165) is 29.2 Å². The molecule has 0 fully saturated rings. The summed E-state index contributed by atoms with van der Waals surface area (Å²) in [6, 6.07) is 7.47. The van der Waals surface area contributed by atoms with Crippen LogP contribution in [0.2, 0.25) is 0 Å². The van der Waals surface area contributed by atoms with Crippen LogP contribution in [-0.2, 0) is 16.0 Å². The Morgan fingerprint density at radius 2 is 2.21 bits per heavy atom. The van der Waals surface area contributed by atoms with Crippen molar-refractivity contribution in [3.63, 3.8) is 0 Å². The Morgan fingerprint density at radius 3 is 2.95 bits per heavy atom. The minimum atomic E-state index is -0.460. The number of benzene rings is 1. The zero-order valence-corrected chi connectivity index (χ0v) is 11.0. The Balaban J connectivity index is 2.10. The highest BCUT2D eigenvalue weighted by molar-refractivity contribution is 5.84. The predicted molar refractivity (Wildman–Crippen MR) is 74.9 cm³/mol. The number of carbonyl (C=O) groups is 2. The minimum absolute atomic E-state index is 0.0700. The molecule has 0 aliphatic carbocycles. The second-order valence-electron chi connectivity index (χ2n) is 4.62. The van der Waals surface area contributed by atoms with Gasteiger partial charge >= 0.3 is 0 Å². The molecule has 1 atom stereocenters. The largest absolute Gasteiger partial charge is 0.361 e. The number of aromatic nitrogens is 1. The van der Waals surface area contributed by atoms with E-state index in [2.05, 4.69) is 10.3 Å². The molecular weight excluding hydrogens is 240 g/mol. The molecule has 19 heavy (non-hydrogen) atoms. The van der Waals surface area contributed by atoms with Crippen molar-refractivity contribution in [3.8, 4) is 0 Å². The first-order valence-electron chi connectivity index (χ1n) is 6.54. The molecule has 4 heteroatoms. The van der Waals surface area contributed by atoms with E-state index in [1.165, 1.54) is 0 Å². The average molecular weight is 258 g/mol. The third-order valence-electron chi connectivity index (χ3n) is 3.10. The molecule has 0 bridgehead atoms. The summed E-state index contributed by atoms with van der Waals surface area (Å²) in [5.41, 5.74) is 2.09. The van der Waals surface area contributed by atoms with Gasteiger partial charge in [0, 0.05) is 29.9 Å². The number of hydrogen-bond donors (Lipinski definition) is 2. The van der Waals surface area contributed by atoms with Crippen molar-refractivity contribution in [2.45, 2.75) is 32.2 Å². The molecule has 0 aliphatic rings. The van der Waals surface area contributed by atoms with Crippen LogP contribution in [0.15, 0.2) is 30.5 Å². The normalized spacial score (nSPS) is 12.3. The molecule has 1 heterocycles. The van der Waals surface area contributed by atoms with E-state index in [1.54, 1.807) is 0 Å². The third-order valence-corrected chi connectivity index (χ3v) is 3.10. The van der Waals surface area contributed by atoms with Gasteiger partial charge in [0.05, 0.1) is 6.04 Å². The number of amides is 1. The molecule has 0 unspecified atom stereocenters. The van der Waals surface area contributed by atoms with Crippen LogP contribution in [0.5, 0.6) is 0 Å². The van der Waals surface area contributed by atoms with Crippen LogP contribution in [0.1, 0.15) is 25.3 Å². The topological polar surface area (TPSA) is 62.0 Å². The lowest BCUT2D eigenvalue weighted by Gasteiger charge is -2.11. The third kappa shape index (κ3) is 3.22. The first-order valence-corrected chi connectivity index (χ1v) is 6.54. The first-order chi connectivity index (χ1) is 9.24. The standard InChI is InChI=1S/C15H18N2O2/c1-2-5-15(19)17-12(10-18)8-11-9-16-14-7-4-3-6-13(11)14/h3-4,6-7,9-10,12,16H,2,5,8H2,1H3,(H,17,19)/t12-/m0/s1. The summed E-state index contributed by atoms with van der Waals surface area (Å²) in [7, 11) is 0. The molecule has 100 valence electrons. The van der Waals surface area contributed by atoms with Crippen LogP contribution in [0.25, 0.3) is 10.9 Å². The van der Waals surface area contributed by atoms with Gasteiger partial charge in [-0.1, -0.05) is 25.1 Å². The monoisotopic (exact) mass is 258 g/mol. The lowest BCUT2D eigenvalue weighted by Crippen LogP contribution is -2.37. The molecule has 0 aliphatic heterocycles. The molecule has 0 saturated heterocycles. The Labute approximate surface area is 112 Å². The van der Waals surface area contributed by atoms with E-state index in [0.29, 0.717) is 12.8 Å². The van der Waals surface area contributed by atoms with Crippen molar-refractivity contribution in [1.29, 1.82) is 0 Å². The number of carbonyl (C=O) groups excluding carboxylic acids is 2. The quantitative estimate of drug-likeness (QED) is 0.780. The van der Waals surface area contributed by atoms with E-state index in [1.807, 2.05) is 37.4 Å². The van der Waals surface area contributed by atoms with Crippen LogP contribution in [0, 0.1) is 0 Å². The highest BCUT2D eigenvalue weighted by atomic mass is 16.2. The summed E-state index contributed by atoms with van der Waals surface area (Å²) in [5.74, 6) is -0.0700. The Kier molecular flexibility index (Phi) is 4.34. The SMILES string of the molecule is CCCC(=O)N[C@H](C=O)Cc1c[nH]c2ccccc12. The maximum absolute atomic E-state index is 11.5. The van der Waals surface area contributed by atoms with Gasteiger partial charge in [-0.25, -0.2) is 0 Å². The fourth-order valence-electron chi connectivity index (χ4n) is 2.18. The Bertz CT molecular complexity index is 574. The second-order valence-corrected chi connectivity index (χ2v) is 4.62. The van der Waals surface area contributed by atoms with E-state index in [4.69, 9.17) is 0 Å². The lowest BCUT2D eigenvalue weighted by atomic mass is 10.1. The fourth-order valence-corrected chi connectivity index (χ4v) is 2.18. The average Bonchev–Trinajstić information content (AvgIpc) is 2.82. The molecule has 1 aromatic carbocycles. The summed E-state index contributed by atoms with van der Waals surface area (Å²) in [5, 5.41) is 3.85. The smallest absolute Gasteiger partial charge is 0.220 e. The van der Waals surface area contributed by atoms with Gasteiger partial charge in [-0.05, 0) is 18.1 Å². The van der Waals surface area contributed by atoms with Gasteiger partial charge in [0.1, 0.15) is 6.29 Å². The predicted octanol–water partition coefficient (Wildman–Crippen LogP) is 2.19.